The molecule has 3 aromatic carbocycles. The van der Waals surface area contributed by atoms with Gasteiger partial charge in [-0.05, 0) is 23.8 Å². The number of hydrogen-bond donors (Lipinski definition) is 1. The fraction of sp³-hybridized carbons (Fsp3) is 0.0476. The van der Waals surface area contributed by atoms with Gasteiger partial charge >= 0.3 is 0 Å². The SMILES string of the molecule is N#Cc1cc(C2N=C(c3ccccc3)c3ccccc3N2)ccc1F. The summed E-state index contributed by atoms with van der Waals surface area (Å²) in [5.41, 5.74) is 4.65. The molecule has 4 heteroatoms. The van der Waals surface area contributed by atoms with Gasteiger partial charge < -0.3 is 5.32 Å². The summed E-state index contributed by atoms with van der Waals surface area (Å²) in [5, 5.41) is 12.4. The molecule has 0 saturated heterocycles. The Morgan fingerprint density at radius 2 is 1.72 bits per heavy atom. The molecule has 0 aliphatic carbocycles. The van der Waals surface area contributed by atoms with Gasteiger partial charge in [0, 0.05) is 16.8 Å². The van der Waals surface area contributed by atoms with Crippen LogP contribution in [0.25, 0.3) is 0 Å². The molecule has 25 heavy (non-hydrogen) atoms. The molecular weight excluding hydrogens is 313 g/mol. The highest BCUT2D eigenvalue weighted by Gasteiger charge is 2.22. The molecular formula is C21H14FN3. The Morgan fingerprint density at radius 3 is 2.52 bits per heavy atom. The number of nitrogens with one attached hydrogen (secondary N) is 1. The number of benzene rings is 3. The number of halogens is 1. The van der Waals surface area contributed by atoms with Crippen LogP contribution < -0.4 is 5.32 Å². The molecule has 1 aliphatic rings. The lowest BCUT2D eigenvalue weighted by Crippen LogP contribution is -2.20. The van der Waals surface area contributed by atoms with Gasteiger partial charge in [0.05, 0.1) is 11.3 Å². The molecule has 1 unspecified atom stereocenters. The van der Waals surface area contributed by atoms with Crippen molar-refractivity contribution in [3.63, 3.8) is 0 Å². The van der Waals surface area contributed by atoms with Gasteiger partial charge in [0.1, 0.15) is 18.1 Å². The van der Waals surface area contributed by atoms with Crippen LogP contribution in [0.4, 0.5) is 10.1 Å². The zero-order chi connectivity index (χ0) is 17.2. The quantitative estimate of drug-likeness (QED) is 0.744. The first-order valence-electron chi connectivity index (χ1n) is 7.95. The van der Waals surface area contributed by atoms with Crippen LogP contribution in [-0.2, 0) is 0 Å². The van der Waals surface area contributed by atoms with Crippen molar-refractivity contribution in [1.82, 2.24) is 0 Å². The monoisotopic (exact) mass is 327 g/mol. The molecule has 1 heterocycles. The molecule has 1 atom stereocenters. The lowest BCUT2D eigenvalue weighted by atomic mass is 9.97. The predicted molar refractivity (Wildman–Crippen MR) is 96.0 cm³/mol. The van der Waals surface area contributed by atoms with E-state index in [9.17, 15) is 4.39 Å². The van der Waals surface area contributed by atoms with Gasteiger partial charge in [-0.1, -0.05) is 54.6 Å². The minimum absolute atomic E-state index is 0.0228. The van der Waals surface area contributed by atoms with Crippen molar-refractivity contribution in [3.05, 3.63) is 101 Å². The van der Waals surface area contributed by atoms with Gasteiger partial charge in [-0.3, -0.25) is 4.99 Å². The summed E-state index contributed by atoms with van der Waals surface area (Å²) in [6.45, 7) is 0. The Hall–Kier alpha value is -3.45. The second kappa shape index (κ2) is 6.21. The van der Waals surface area contributed by atoms with Gasteiger partial charge in [-0.2, -0.15) is 5.26 Å². The van der Waals surface area contributed by atoms with E-state index in [-0.39, 0.29) is 11.7 Å². The molecule has 0 aromatic heterocycles. The fourth-order valence-corrected chi connectivity index (χ4v) is 2.98. The number of rotatable bonds is 2. The molecule has 0 fully saturated rings. The first-order valence-corrected chi connectivity index (χ1v) is 7.95. The molecule has 0 radical (unpaired) electrons. The van der Waals surface area contributed by atoms with Gasteiger partial charge in [0.15, 0.2) is 0 Å². The molecule has 0 spiro atoms. The number of nitrogens with zero attached hydrogens (tertiary/aromatic N) is 2. The summed E-state index contributed by atoms with van der Waals surface area (Å²) >= 11 is 0. The molecule has 4 rings (SSSR count). The molecule has 3 aromatic rings. The van der Waals surface area contributed by atoms with Crippen molar-refractivity contribution >= 4 is 11.4 Å². The van der Waals surface area contributed by atoms with E-state index < -0.39 is 5.82 Å². The van der Waals surface area contributed by atoms with Crippen LogP contribution in [0.15, 0.2) is 77.8 Å². The Balaban J connectivity index is 1.85. The van der Waals surface area contributed by atoms with E-state index in [1.165, 1.54) is 6.07 Å². The van der Waals surface area contributed by atoms with Crippen LogP contribution in [0.1, 0.15) is 28.4 Å². The van der Waals surface area contributed by atoms with Gasteiger partial charge in [-0.15, -0.1) is 0 Å². The number of aliphatic imine (C=N–C) groups is 1. The maximum Gasteiger partial charge on any atom is 0.145 e. The standard InChI is InChI=1S/C21H14FN3/c22-18-11-10-15(12-16(18)13-23)21-24-19-9-5-4-8-17(19)20(25-21)14-6-2-1-3-7-14/h1-12,21,24H. The van der Waals surface area contributed by atoms with E-state index in [0.717, 1.165) is 28.1 Å². The zero-order valence-corrected chi connectivity index (χ0v) is 13.3. The lowest BCUT2D eigenvalue weighted by molar-refractivity contribution is 0.622. The van der Waals surface area contributed by atoms with Crippen molar-refractivity contribution in [1.29, 1.82) is 5.26 Å². The average molecular weight is 327 g/mol. The Kier molecular flexibility index (Phi) is 3.75. The smallest absolute Gasteiger partial charge is 0.145 e. The Labute approximate surface area is 145 Å². The van der Waals surface area contributed by atoms with Crippen LogP contribution in [0, 0.1) is 17.1 Å². The first kappa shape index (κ1) is 15.1. The summed E-state index contributed by atoms with van der Waals surface area (Å²) < 4.78 is 13.6. The van der Waals surface area contributed by atoms with Crippen LogP contribution in [-0.4, -0.2) is 5.71 Å². The lowest BCUT2D eigenvalue weighted by Gasteiger charge is -2.26. The maximum atomic E-state index is 13.6. The molecule has 120 valence electrons. The minimum Gasteiger partial charge on any atom is -0.360 e. The van der Waals surface area contributed by atoms with Crippen molar-refractivity contribution in [2.24, 2.45) is 4.99 Å². The van der Waals surface area contributed by atoms with Crippen molar-refractivity contribution in [3.8, 4) is 6.07 Å². The van der Waals surface area contributed by atoms with E-state index in [2.05, 4.69) is 5.32 Å². The largest absolute Gasteiger partial charge is 0.360 e. The molecule has 1 aliphatic heterocycles. The van der Waals surface area contributed by atoms with E-state index >= 15 is 0 Å². The summed E-state index contributed by atoms with van der Waals surface area (Å²) in [6, 6.07) is 24.3. The fourth-order valence-electron chi connectivity index (χ4n) is 2.98. The minimum atomic E-state index is -0.519. The summed E-state index contributed by atoms with van der Waals surface area (Å²) in [6.07, 6.45) is -0.377. The first-order chi connectivity index (χ1) is 12.3. The zero-order valence-electron chi connectivity index (χ0n) is 13.3. The second-order valence-corrected chi connectivity index (χ2v) is 5.79. The number of fused-ring (bicyclic) bond motifs is 1. The van der Waals surface area contributed by atoms with E-state index in [4.69, 9.17) is 10.3 Å². The third-order valence-electron chi connectivity index (χ3n) is 4.21. The summed E-state index contributed by atoms with van der Waals surface area (Å²) in [5.74, 6) is -0.519. The number of hydrogen-bond acceptors (Lipinski definition) is 3. The van der Waals surface area contributed by atoms with E-state index in [1.54, 1.807) is 12.1 Å². The highest BCUT2D eigenvalue weighted by Crippen LogP contribution is 2.32. The van der Waals surface area contributed by atoms with Crippen LogP contribution in [0.3, 0.4) is 0 Å². The van der Waals surface area contributed by atoms with Gasteiger partial charge in [0.2, 0.25) is 0 Å². The Morgan fingerprint density at radius 1 is 0.960 bits per heavy atom. The van der Waals surface area contributed by atoms with Crippen molar-refractivity contribution in [2.75, 3.05) is 5.32 Å². The average Bonchev–Trinajstić information content (AvgIpc) is 2.68. The highest BCUT2D eigenvalue weighted by molar-refractivity contribution is 6.16. The molecule has 0 bridgehead atoms. The molecule has 3 nitrogen and oxygen atoms in total. The Bertz CT molecular complexity index is 1000. The summed E-state index contributed by atoms with van der Waals surface area (Å²) in [7, 11) is 0. The number of para-hydroxylation sites is 1. The molecule has 1 N–H and O–H groups in total. The molecule has 0 amide bonds. The van der Waals surface area contributed by atoms with E-state index in [0.29, 0.717) is 0 Å². The maximum absolute atomic E-state index is 13.6. The highest BCUT2D eigenvalue weighted by atomic mass is 19.1. The predicted octanol–water partition coefficient (Wildman–Crippen LogP) is 4.66. The third kappa shape index (κ3) is 2.77. The van der Waals surface area contributed by atoms with Gasteiger partial charge in [-0.25, -0.2) is 4.39 Å². The van der Waals surface area contributed by atoms with Crippen LogP contribution >= 0.6 is 0 Å². The third-order valence-corrected chi connectivity index (χ3v) is 4.21. The van der Waals surface area contributed by atoms with E-state index in [1.807, 2.05) is 60.7 Å². The molecule has 0 saturated carbocycles. The van der Waals surface area contributed by atoms with Crippen molar-refractivity contribution < 1.29 is 4.39 Å². The normalized spacial score (nSPS) is 15.5. The van der Waals surface area contributed by atoms with Gasteiger partial charge in [0.25, 0.3) is 0 Å². The number of nitriles is 1. The van der Waals surface area contributed by atoms with Crippen LogP contribution in [0.5, 0.6) is 0 Å². The number of anilines is 1. The topological polar surface area (TPSA) is 48.2 Å². The van der Waals surface area contributed by atoms with Crippen molar-refractivity contribution in [2.45, 2.75) is 6.17 Å². The second-order valence-electron chi connectivity index (χ2n) is 5.79. The summed E-state index contributed by atoms with van der Waals surface area (Å²) in [4.78, 5) is 4.84. The van der Waals surface area contributed by atoms with Crippen LogP contribution in [0.2, 0.25) is 0 Å².